The number of aryl methyl sites for hydroxylation is 1. The van der Waals surface area contributed by atoms with E-state index in [0.717, 1.165) is 33.7 Å². The quantitative estimate of drug-likeness (QED) is 0.560. The second kappa shape index (κ2) is 7.15. The third-order valence-electron chi connectivity index (χ3n) is 5.30. The maximum atomic E-state index is 12.9. The Morgan fingerprint density at radius 1 is 0.967 bits per heavy atom. The molecular formula is C24H20N4O2. The van der Waals surface area contributed by atoms with E-state index in [0.29, 0.717) is 11.5 Å². The molecule has 1 aromatic heterocycles. The number of anilines is 1. The maximum absolute atomic E-state index is 12.9. The van der Waals surface area contributed by atoms with Crippen molar-refractivity contribution in [3.63, 3.8) is 0 Å². The summed E-state index contributed by atoms with van der Waals surface area (Å²) in [7, 11) is 1.64. The fourth-order valence-corrected chi connectivity index (χ4v) is 3.77. The number of para-hydroxylation sites is 2. The lowest BCUT2D eigenvalue weighted by molar-refractivity contribution is 0.400. The van der Waals surface area contributed by atoms with Gasteiger partial charge in [-0.2, -0.15) is 10.1 Å². The number of nitrogens with one attached hydrogen (secondary N) is 1. The number of rotatable bonds is 3. The number of methoxy groups -OCH3 is 1. The molecule has 0 amide bonds. The van der Waals surface area contributed by atoms with E-state index in [2.05, 4.69) is 10.3 Å². The van der Waals surface area contributed by atoms with Crippen molar-refractivity contribution in [2.75, 3.05) is 12.4 Å². The summed E-state index contributed by atoms with van der Waals surface area (Å²) in [6.07, 6.45) is -0.372. The number of fused-ring (bicyclic) bond motifs is 3. The predicted molar refractivity (Wildman–Crippen MR) is 117 cm³/mol. The highest BCUT2D eigenvalue weighted by molar-refractivity contribution is 5.77. The van der Waals surface area contributed by atoms with Crippen molar-refractivity contribution in [2.45, 2.75) is 13.1 Å². The summed E-state index contributed by atoms with van der Waals surface area (Å²) in [5.74, 6) is 1.26. The van der Waals surface area contributed by atoms with E-state index in [1.54, 1.807) is 11.8 Å². The SMILES string of the molecule is COc1ccccc1C1Nc2ccccc2-c2nc(=O)c(-c3ccc(C)cc3)nn21. The van der Waals surface area contributed by atoms with Crippen molar-refractivity contribution in [3.8, 4) is 28.4 Å². The molecule has 1 aliphatic rings. The van der Waals surface area contributed by atoms with Crippen LogP contribution in [0.15, 0.2) is 77.6 Å². The number of benzene rings is 3. The van der Waals surface area contributed by atoms with Gasteiger partial charge in [0.25, 0.3) is 5.56 Å². The molecule has 0 saturated heterocycles. The van der Waals surface area contributed by atoms with Gasteiger partial charge in [-0.05, 0) is 25.1 Å². The smallest absolute Gasteiger partial charge is 0.300 e. The number of aromatic nitrogens is 3. The average molecular weight is 396 g/mol. The highest BCUT2D eigenvalue weighted by Gasteiger charge is 2.29. The Morgan fingerprint density at radius 3 is 2.50 bits per heavy atom. The Balaban J connectivity index is 1.77. The zero-order valence-electron chi connectivity index (χ0n) is 16.7. The molecule has 1 aliphatic heterocycles. The van der Waals surface area contributed by atoms with Gasteiger partial charge >= 0.3 is 0 Å². The van der Waals surface area contributed by atoms with Gasteiger partial charge in [0.1, 0.15) is 5.75 Å². The van der Waals surface area contributed by atoms with E-state index in [1.807, 2.05) is 79.7 Å². The predicted octanol–water partition coefficient (Wildman–Crippen LogP) is 4.26. The molecule has 6 nitrogen and oxygen atoms in total. The number of nitrogens with zero attached hydrogens (tertiary/aromatic N) is 3. The molecule has 5 rings (SSSR count). The minimum atomic E-state index is -0.372. The summed E-state index contributed by atoms with van der Waals surface area (Å²) >= 11 is 0. The van der Waals surface area contributed by atoms with Crippen LogP contribution in [0.25, 0.3) is 22.6 Å². The number of ether oxygens (including phenoxy) is 1. The number of hydrogen-bond donors (Lipinski definition) is 1. The highest BCUT2D eigenvalue weighted by atomic mass is 16.5. The first-order chi connectivity index (χ1) is 14.7. The second-order valence-electron chi connectivity index (χ2n) is 7.23. The van der Waals surface area contributed by atoms with Crippen LogP contribution in [0, 0.1) is 6.92 Å². The molecule has 1 N–H and O–H groups in total. The molecule has 1 atom stereocenters. The first-order valence-corrected chi connectivity index (χ1v) is 9.72. The molecular weight excluding hydrogens is 376 g/mol. The summed E-state index contributed by atoms with van der Waals surface area (Å²) in [5.41, 5.74) is 4.47. The molecule has 2 heterocycles. The molecule has 0 bridgehead atoms. The largest absolute Gasteiger partial charge is 0.496 e. The van der Waals surface area contributed by atoms with E-state index in [-0.39, 0.29) is 11.7 Å². The van der Waals surface area contributed by atoms with Crippen LogP contribution in [-0.4, -0.2) is 21.9 Å². The van der Waals surface area contributed by atoms with Crippen molar-refractivity contribution >= 4 is 5.69 Å². The van der Waals surface area contributed by atoms with Crippen LogP contribution in [0.2, 0.25) is 0 Å². The van der Waals surface area contributed by atoms with Crippen LogP contribution < -0.4 is 15.6 Å². The Kier molecular flexibility index (Phi) is 4.32. The van der Waals surface area contributed by atoms with Crippen LogP contribution in [0.3, 0.4) is 0 Å². The zero-order chi connectivity index (χ0) is 20.7. The summed E-state index contributed by atoms with van der Waals surface area (Å²) in [6.45, 7) is 2.01. The molecule has 0 spiro atoms. The first-order valence-electron chi connectivity index (χ1n) is 9.72. The summed E-state index contributed by atoms with van der Waals surface area (Å²) in [6, 6.07) is 23.3. The third kappa shape index (κ3) is 2.93. The van der Waals surface area contributed by atoms with Crippen LogP contribution in [0.5, 0.6) is 5.75 Å². The topological polar surface area (TPSA) is 69.0 Å². The molecule has 0 aliphatic carbocycles. The monoisotopic (exact) mass is 396 g/mol. The van der Waals surface area contributed by atoms with E-state index in [9.17, 15) is 4.79 Å². The molecule has 3 aromatic carbocycles. The van der Waals surface area contributed by atoms with Gasteiger partial charge in [-0.3, -0.25) is 4.79 Å². The minimum absolute atomic E-state index is 0.319. The van der Waals surface area contributed by atoms with Crippen LogP contribution in [-0.2, 0) is 0 Å². The van der Waals surface area contributed by atoms with Gasteiger partial charge in [-0.25, -0.2) is 4.68 Å². The Hall–Kier alpha value is -3.93. The standard InChI is InChI=1S/C24H20N4O2/c1-15-11-13-16(14-12-15)21-24(29)26-22-17-7-3-5-9-19(17)25-23(28(22)27-21)18-8-4-6-10-20(18)30-2/h3-14,23,25H,1-2H3. The second-order valence-corrected chi connectivity index (χ2v) is 7.23. The highest BCUT2D eigenvalue weighted by Crippen LogP contribution is 2.38. The fourth-order valence-electron chi connectivity index (χ4n) is 3.77. The van der Waals surface area contributed by atoms with E-state index < -0.39 is 0 Å². The van der Waals surface area contributed by atoms with Crippen molar-refractivity contribution in [2.24, 2.45) is 0 Å². The molecule has 148 valence electrons. The van der Waals surface area contributed by atoms with Gasteiger partial charge in [0.2, 0.25) is 0 Å². The van der Waals surface area contributed by atoms with Crippen molar-refractivity contribution in [3.05, 3.63) is 94.3 Å². The van der Waals surface area contributed by atoms with Crippen molar-refractivity contribution in [1.82, 2.24) is 14.8 Å². The first kappa shape index (κ1) is 18.1. The molecule has 30 heavy (non-hydrogen) atoms. The average Bonchev–Trinajstić information content (AvgIpc) is 2.79. The molecule has 1 unspecified atom stereocenters. The van der Waals surface area contributed by atoms with Gasteiger partial charge in [0.15, 0.2) is 17.7 Å². The maximum Gasteiger partial charge on any atom is 0.300 e. The number of hydrogen-bond acceptors (Lipinski definition) is 5. The van der Waals surface area contributed by atoms with Crippen LogP contribution >= 0.6 is 0 Å². The van der Waals surface area contributed by atoms with E-state index >= 15 is 0 Å². The van der Waals surface area contributed by atoms with Crippen LogP contribution in [0.1, 0.15) is 17.3 Å². The molecule has 0 radical (unpaired) electrons. The summed E-state index contributed by atoms with van der Waals surface area (Å²) in [4.78, 5) is 17.4. The zero-order valence-corrected chi connectivity index (χ0v) is 16.7. The summed E-state index contributed by atoms with van der Waals surface area (Å²) in [5, 5.41) is 8.30. The Morgan fingerprint density at radius 2 is 1.70 bits per heavy atom. The van der Waals surface area contributed by atoms with E-state index in [1.165, 1.54) is 0 Å². The van der Waals surface area contributed by atoms with Gasteiger partial charge in [0.05, 0.1) is 7.11 Å². The van der Waals surface area contributed by atoms with Crippen molar-refractivity contribution < 1.29 is 4.74 Å². The van der Waals surface area contributed by atoms with Crippen molar-refractivity contribution in [1.29, 1.82) is 0 Å². The molecule has 4 aromatic rings. The van der Waals surface area contributed by atoms with Gasteiger partial charge in [-0.1, -0.05) is 60.2 Å². The molecule has 0 fully saturated rings. The molecule has 6 heteroatoms. The lowest BCUT2D eigenvalue weighted by atomic mass is 10.0. The van der Waals surface area contributed by atoms with Gasteiger partial charge in [-0.15, -0.1) is 0 Å². The Bertz CT molecular complexity index is 1300. The summed E-state index contributed by atoms with van der Waals surface area (Å²) < 4.78 is 7.36. The minimum Gasteiger partial charge on any atom is -0.496 e. The fraction of sp³-hybridized carbons (Fsp3) is 0.125. The normalized spacial score (nSPS) is 14.4. The third-order valence-corrected chi connectivity index (χ3v) is 5.30. The van der Waals surface area contributed by atoms with Crippen LogP contribution in [0.4, 0.5) is 5.69 Å². The van der Waals surface area contributed by atoms with E-state index in [4.69, 9.17) is 9.84 Å². The lowest BCUT2D eigenvalue weighted by Gasteiger charge is -2.31. The van der Waals surface area contributed by atoms with Gasteiger partial charge in [0, 0.05) is 22.4 Å². The Labute approximate surface area is 173 Å². The molecule has 0 saturated carbocycles. The lowest BCUT2D eigenvalue weighted by Crippen LogP contribution is -2.32. The van der Waals surface area contributed by atoms with Gasteiger partial charge < -0.3 is 10.1 Å².